The number of carbonyl (C=O) groups is 2. The second-order valence-electron chi connectivity index (χ2n) is 12.6. The number of hydrogen-bond donors (Lipinski definition) is 0. The lowest BCUT2D eigenvalue weighted by Crippen LogP contribution is -2.53. The van der Waals surface area contributed by atoms with Crippen molar-refractivity contribution in [3.8, 4) is 17.5 Å². The Labute approximate surface area is 285 Å². The number of carbonyl (C=O) groups excluding carboxylic acids is 2. The lowest BCUT2D eigenvalue weighted by molar-refractivity contribution is 0.0196. The molecule has 0 unspecified atom stereocenters. The van der Waals surface area contributed by atoms with E-state index in [-0.39, 0.29) is 12.1 Å². The van der Waals surface area contributed by atoms with E-state index in [2.05, 4.69) is 37.1 Å². The third-order valence-corrected chi connectivity index (χ3v) is 8.95. The Balaban J connectivity index is 1.28. The van der Waals surface area contributed by atoms with Crippen LogP contribution in [0.3, 0.4) is 0 Å². The summed E-state index contributed by atoms with van der Waals surface area (Å²) < 4.78 is 24.0. The predicted octanol–water partition coefficient (Wildman–Crippen LogP) is 6.41. The second kappa shape index (κ2) is 13.0. The van der Waals surface area contributed by atoms with Gasteiger partial charge in [-0.25, -0.2) is 19.2 Å². The Kier molecular flexibility index (Phi) is 8.48. The summed E-state index contributed by atoms with van der Waals surface area (Å²) in [6, 6.07) is 14.7. The lowest BCUT2D eigenvalue weighted by atomic mass is 10.0. The van der Waals surface area contributed by atoms with Crippen molar-refractivity contribution in [2.75, 3.05) is 18.0 Å². The van der Waals surface area contributed by atoms with Gasteiger partial charge in [0.1, 0.15) is 22.8 Å². The van der Waals surface area contributed by atoms with E-state index in [0.29, 0.717) is 47.4 Å². The number of benzene rings is 1. The molecule has 13 heteroatoms. The maximum absolute atomic E-state index is 16.1. The molecular weight excluding hydrogens is 644 g/mol. The topological polar surface area (TPSA) is 119 Å². The highest BCUT2D eigenvalue weighted by molar-refractivity contribution is 7.19. The Morgan fingerprint density at radius 2 is 1.86 bits per heavy atom. The summed E-state index contributed by atoms with van der Waals surface area (Å²) in [5.41, 5.74) is 1.37. The summed E-state index contributed by atoms with van der Waals surface area (Å²) in [6.07, 6.45) is 7.31. The van der Waals surface area contributed by atoms with Gasteiger partial charge >= 0.3 is 6.09 Å². The summed E-state index contributed by atoms with van der Waals surface area (Å²) in [5, 5.41) is 8.94. The fraction of sp³-hybridized carbons (Fsp3) is 0.250. The van der Waals surface area contributed by atoms with Crippen LogP contribution in [0.25, 0.3) is 26.9 Å². The van der Waals surface area contributed by atoms with Crippen molar-refractivity contribution < 1.29 is 18.7 Å². The van der Waals surface area contributed by atoms with Crippen LogP contribution in [-0.4, -0.2) is 71.6 Å². The number of aromatic nitrogens is 6. The van der Waals surface area contributed by atoms with Crippen molar-refractivity contribution in [3.05, 3.63) is 101 Å². The molecular formula is C36H31FN8O3S. The zero-order valence-electron chi connectivity index (χ0n) is 27.0. The predicted molar refractivity (Wildman–Crippen MR) is 184 cm³/mol. The van der Waals surface area contributed by atoms with E-state index in [4.69, 9.17) is 4.74 Å². The molecule has 1 aromatic carbocycles. The van der Waals surface area contributed by atoms with E-state index in [1.165, 1.54) is 33.1 Å². The van der Waals surface area contributed by atoms with Crippen molar-refractivity contribution in [2.45, 2.75) is 45.3 Å². The Bertz CT molecular complexity index is 2250. The molecule has 7 rings (SSSR count). The first-order chi connectivity index (χ1) is 23.6. The zero-order valence-corrected chi connectivity index (χ0v) is 27.8. The van der Waals surface area contributed by atoms with Gasteiger partial charge in [0.15, 0.2) is 5.65 Å². The number of fused-ring (bicyclic) bond motifs is 2. The van der Waals surface area contributed by atoms with Crippen LogP contribution in [0, 0.1) is 17.7 Å². The smallest absolute Gasteiger partial charge is 0.410 e. The van der Waals surface area contributed by atoms with Crippen molar-refractivity contribution >= 4 is 50.4 Å². The molecule has 0 bridgehead atoms. The number of hydrogen-bond acceptors (Lipinski definition) is 9. The van der Waals surface area contributed by atoms with E-state index in [9.17, 15) is 9.59 Å². The first-order valence-electron chi connectivity index (χ1n) is 15.7. The summed E-state index contributed by atoms with van der Waals surface area (Å²) in [6.45, 7) is 6.09. The van der Waals surface area contributed by atoms with Gasteiger partial charge in [-0.05, 0) is 82.1 Å². The molecule has 5 aromatic heterocycles. The molecule has 1 fully saturated rings. The van der Waals surface area contributed by atoms with Crippen LogP contribution < -0.4 is 4.90 Å². The summed E-state index contributed by atoms with van der Waals surface area (Å²) in [4.78, 5) is 44.7. The monoisotopic (exact) mass is 674 g/mol. The Hall–Kier alpha value is -5.74. The van der Waals surface area contributed by atoms with Gasteiger partial charge in [0, 0.05) is 59.6 Å². The number of piperidine rings is 1. The largest absolute Gasteiger partial charge is 0.444 e. The van der Waals surface area contributed by atoms with Gasteiger partial charge in [-0.3, -0.25) is 14.7 Å². The number of ether oxygens (including phenoxy) is 1. The van der Waals surface area contributed by atoms with Gasteiger partial charge in [0.25, 0.3) is 5.91 Å². The second-order valence-corrected chi connectivity index (χ2v) is 13.6. The van der Waals surface area contributed by atoms with Crippen LogP contribution in [0.15, 0.2) is 79.4 Å². The van der Waals surface area contributed by atoms with Crippen LogP contribution in [0.5, 0.6) is 0 Å². The number of thiophene rings is 1. The molecule has 0 spiro atoms. The average Bonchev–Trinajstić information content (AvgIpc) is 3.72. The highest BCUT2D eigenvalue weighted by Gasteiger charge is 2.36. The van der Waals surface area contributed by atoms with Crippen molar-refractivity contribution in [1.82, 2.24) is 34.8 Å². The van der Waals surface area contributed by atoms with Crippen molar-refractivity contribution in [3.63, 3.8) is 0 Å². The summed E-state index contributed by atoms with van der Waals surface area (Å²) >= 11 is 1.47. The molecule has 1 atom stereocenters. The maximum Gasteiger partial charge on any atom is 0.410 e. The molecule has 0 aliphatic carbocycles. The third kappa shape index (κ3) is 6.68. The Morgan fingerprint density at radius 3 is 2.65 bits per heavy atom. The fourth-order valence-corrected chi connectivity index (χ4v) is 6.65. The molecule has 1 saturated heterocycles. The molecule has 49 heavy (non-hydrogen) atoms. The van der Waals surface area contributed by atoms with Crippen LogP contribution in [0.2, 0.25) is 0 Å². The molecule has 11 nitrogen and oxygen atoms in total. The van der Waals surface area contributed by atoms with Crippen molar-refractivity contribution in [2.24, 2.45) is 0 Å². The quantitative estimate of drug-likeness (QED) is 0.197. The molecule has 246 valence electrons. The van der Waals surface area contributed by atoms with E-state index >= 15 is 4.39 Å². The number of anilines is 1. The van der Waals surface area contributed by atoms with Crippen LogP contribution >= 0.6 is 11.3 Å². The van der Waals surface area contributed by atoms with Gasteiger partial charge in [0.05, 0.1) is 22.2 Å². The molecule has 0 saturated carbocycles. The van der Waals surface area contributed by atoms with Gasteiger partial charge in [0.2, 0.25) is 0 Å². The Morgan fingerprint density at radius 1 is 1.02 bits per heavy atom. The zero-order chi connectivity index (χ0) is 34.1. The molecule has 0 radical (unpaired) electrons. The highest BCUT2D eigenvalue weighted by Crippen LogP contribution is 2.35. The first kappa shape index (κ1) is 31.8. The molecule has 2 amide bonds. The molecule has 6 heterocycles. The number of pyridine rings is 3. The van der Waals surface area contributed by atoms with E-state index in [1.807, 2.05) is 45.0 Å². The number of amides is 2. The first-order valence-corrected chi connectivity index (χ1v) is 16.5. The number of likely N-dealkylation sites (tertiary alicyclic amines) is 1. The number of rotatable bonds is 4. The van der Waals surface area contributed by atoms with E-state index in [0.717, 1.165) is 15.1 Å². The maximum atomic E-state index is 16.1. The third-order valence-electron chi connectivity index (χ3n) is 7.93. The van der Waals surface area contributed by atoms with Crippen LogP contribution in [0.1, 0.15) is 54.4 Å². The molecule has 1 aliphatic rings. The number of halogens is 1. The minimum Gasteiger partial charge on any atom is -0.444 e. The SMILES string of the molecule is CC(C)(C)OC(=O)N1CCC[C@@H](N(C(=O)c2ccc(-n3nnc4cccnc43)cc2F)c2nccc3sc(C#Cc4ccncc4)cc23)C1. The lowest BCUT2D eigenvalue weighted by Gasteiger charge is -2.39. The standard InChI is InChI=1S/C36H31FN8O3S/c1-36(2,3)48-35(47)43-19-5-6-25(22-43)44(32-28-21-26(49-31(28)14-18-40-32)10-8-23-12-16-38-17-13-23)34(46)27-11-9-24(20-29(27)37)45-33-30(41-42-45)7-4-15-39-33/h4,7,9,11-18,20-21,25H,5-6,19,22H2,1-3H3/t25-/m1/s1. The van der Waals surface area contributed by atoms with Crippen LogP contribution in [-0.2, 0) is 4.74 Å². The number of nitrogens with zero attached hydrogens (tertiary/aromatic N) is 8. The van der Waals surface area contributed by atoms with E-state index in [1.54, 1.807) is 47.9 Å². The highest BCUT2D eigenvalue weighted by atomic mass is 32.1. The summed E-state index contributed by atoms with van der Waals surface area (Å²) in [5.74, 6) is 5.39. The van der Waals surface area contributed by atoms with Crippen molar-refractivity contribution in [1.29, 1.82) is 0 Å². The van der Waals surface area contributed by atoms with Gasteiger partial charge in [-0.15, -0.1) is 16.4 Å². The minimum absolute atomic E-state index is 0.151. The molecule has 0 N–H and O–H groups in total. The van der Waals surface area contributed by atoms with Gasteiger partial charge in [-0.1, -0.05) is 17.1 Å². The fourth-order valence-electron chi connectivity index (χ4n) is 5.74. The van der Waals surface area contributed by atoms with E-state index < -0.39 is 29.5 Å². The average molecular weight is 675 g/mol. The minimum atomic E-state index is -0.742. The summed E-state index contributed by atoms with van der Waals surface area (Å²) in [7, 11) is 0. The molecule has 6 aromatic rings. The van der Waals surface area contributed by atoms with Crippen LogP contribution in [0.4, 0.5) is 15.0 Å². The van der Waals surface area contributed by atoms with Gasteiger partial charge in [-0.2, -0.15) is 4.68 Å². The van der Waals surface area contributed by atoms with Gasteiger partial charge < -0.3 is 9.64 Å². The normalized spacial score (nSPS) is 14.8. The molecule has 1 aliphatic heterocycles.